The Kier molecular flexibility index (Phi) is 3.12. The van der Waals surface area contributed by atoms with Crippen LogP contribution < -0.4 is 11.1 Å². The average molecular weight is 253 g/mol. The second kappa shape index (κ2) is 5.07. The predicted molar refractivity (Wildman–Crippen MR) is 74.8 cm³/mol. The third kappa shape index (κ3) is 2.56. The van der Waals surface area contributed by atoms with Crippen LogP contribution in [0.1, 0.15) is 11.6 Å². The standard InChI is InChI=1S/C14H15N5/c15-12(11-4-2-1-3-5-11)10-16-13-7-9-19-14(18-13)6-8-17-19/h1-9,12H,10,15H2,(H,16,18). The lowest BCUT2D eigenvalue weighted by Gasteiger charge is -2.13. The molecule has 0 saturated carbocycles. The molecule has 3 rings (SSSR count). The van der Waals surface area contributed by atoms with Crippen molar-refractivity contribution < 1.29 is 0 Å². The Bertz CT molecular complexity index is 662. The van der Waals surface area contributed by atoms with E-state index >= 15 is 0 Å². The molecule has 19 heavy (non-hydrogen) atoms. The minimum absolute atomic E-state index is 0.0517. The van der Waals surface area contributed by atoms with E-state index < -0.39 is 0 Å². The highest BCUT2D eigenvalue weighted by atomic mass is 15.2. The maximum Gasteiger partial charge on any atom is 0.157 e. The van der Waals surface area contributed by atoms with Gasteiger partial charge < -0.3 is 11.1 Å². The van der Waals surface area contributed by atoms with Gasteiger partial charge in [-0.3, -0.25) is 0 Å². The summed E-state index contributed by atoms with van der Waals surface area (Å²) in [7, 11) is 0. The van der Waals surface area contributed by atoms with Crippen molar-refractivity contribution in [3.8, 4) is 0 Å². The van der Waals surface area contributed by atoms with Crippen molar-refractivity contribution in [2.24, 2.45) is 5.73 Å². The fourth-order valence-corrected chi connectivity index (χ4v) is 1.94. The van der Waals surface area contributed by atoms with E-state index in [-0.39, 0.29) is 6.04 Å². The summed E-state index contributed by atoms with van der Waals surface area (Å²) >= 11 is 0. The lowest BCUT2D eigenvalue weighted by molar-refractivity contribution is 0.761. The first-order valence-corrected chi connectivity index (χ1v) is 6.18. The van der Waals surface area contributed by atoms with Crippen LogP contribution in [0.25, 0.3) is 5.65 Å². The second-order valence-corrected chi connectivity index (χ2v) is 4.34. The van der Waals surface area contributed by atoms with Crippen molar-refractivity contribution in [3.63, 3.8) is 0 Å². The second-order valence-electron chi connectivity index (χ2n) is 4.34. The van der Waals surface area contributed by atoms with Crippen molar-refractivity contribution in [1.29, 1.82) is 0 Å². The summed E-state index contributed by atoms with van der Waals surface area (Å²) in [5.41, 5.74) is 8.06. The first-order valence-electron chi connectivity index (χ1n) is 6.18. The van der Waals surface area contributed by atoms with Gasteiger partial charge in [-0.15, -0.1) is 0 Å². The van der Waals surface area contributed by atoms with Crippen molar-refractivity contribution in [1.82, 2.24) is 14.6 Å². The monoisotopic (exact) mass is 253 g/mol. The number of benzene rings is 1. The molecule has 0 spiro atoms. The molecule has 0 aliphatic rings. The lowest BCUT2D eigenvalue weighted by Crippen LogP contribution is -2.21. The molecule has 96 valence electrons. The highest BCUT2D eigenvalue weighted by Gasteiger charge is 2.05. The fourth-order valence-electron chi connectivity index (χ4n) is 1.94. The molecule has 0 saturated heterocycles. The van der Waals surface area contributed by atoms with E-state index in [2.05, 4.69) is 15.4 Å². The Morgan fingerprint density at radius 1 is 1.16 bits per heavy atom. The quantitative estimate of drug-likeness (QED) is 0.744. The normalized spacial score (nSPS) is 12.5. The van der Waals surface area contributed by atoms with Crippen molar-refractivity contribution in [2.75, 3.05) is 11.9 Å². The summed E-state index contributed by atoms with van der Waals surface area (Å²) in [5, 5.41) is 7.35. The van der Waals surface area contributed by atoms with Crippen LogP contribution in [0, 0.1) is 0 Å². The van der Waals surface area contributed by atoms with E-state index in [9.17, 15) is 0 Å². The number of rotatable bonds is 4. The van der Waals surface area contributed by atoms with E-state index in [4.69, 9.17) is 5.73 Å². The molecule has 2 heterocycles. The first-order chi connectivity index (χ1) is 9.33. The Labute approximate surface area is 111 Å². The Hall–Kier alpha value is -2.40. The van der Waals surface area contributed by atoms with E-state index in [0.717, 1.165) is 17.0 Å². The summed E-state index contributed by atoms with van der Waals surface area (Å²) in [6, 6.07) is 13.7. The van der Waals surface area contributed by atoms with Gasteiger partial charge in [-0.25, -0.2) is 9.50 Å². The van der Waals surface area contributed by atoms with Crippen LogP contribution >= 0.6 is 0 Å². The van der Waals surface area contributed by atoms with E-state index in [0.29, 0.717) is 6.54 Å². The molecule has 0 aliphatic heterocycles. The fraction of sp³-hybridized carbons (Fsp3) is 0.143. The van der Waals surface area contributed by atoms with Gasteiger partial charge in [-0.1, -0.05) is 30.3 Å². The van der Waals surface area contributed by atoms with E-state index in [1.807, 2.05) is 48.7 Å². The van der Waals surface area contributed by atoms with Gasteiger partial charge >= 0.3 is 0 Å². The number of nitrogens with two attached hydrogens (primary N) is 1. The summed E-state index contributed by atoms with van der Waals surface area (Å²) < 4.78 is 1.72. The lowest BCUT2D eigenvalue weighted by atomic mass is 10.1. The average Bonchev–Trinajstić information content (AvgIpc) is 2.93. The number of hydrogen-bond donors (Lipinski definition) is 2. The Morgan fingerprint density at radius 2 is 2.00 bits per heavy atom. The molecular formula is C14H15N5. The van der Waals surface area contributed by atoms with Crippen LogP contribution in [0.5, 0.6) is 0 Å². The number of nitrogens with zero attached hydrogens (tertiary/aromatic N) is 3. The number of anilines is 1. The molecular weight excluding hydrogens is 238 g/mol. The molecule has 1 aromatic carbocycles. The van der Waals surface area contributed by atoms with Gasteiger partial charge in [0.2, 0.25) is 0 Å². The number of fused-ring (bicyclic) bond motifs is 1. The zero-order chi connectivity index (χ0) is 13.1. The highest BCUT2D eigenvalue weighted by molar-refractivity contribution is 5.45. The Balaban J connectivity index is 1.68. The Morgan fingerprint density at radius 3 is 2.84 bits per heavy atom. The molecule has 3 N–H and O–H groups in total. The maximum atomic E-state index is 6.13. The number of aromatic nitrogens is 3. The van der Waals surface area contributed by atoms with Crippen LogP contribution in [-0.2, 0) is 0 Å². The van der Waals surface area contributed by atoms with Crippen LogP contribution in [0.4, 0.5) is 5.82 Å². The zero-order valence-electron chi connectivity index (χ0n) is 10.4. The maximum absolute atomic E-state index is 6.13. The third-order valence-corrected chi connectivity index (χ3v) is 2.99. The van der Waals surface area contributed by atoms with Crippen molar-refractivity contribution in [3.05, 3.63) is 60.4 Å². The predicted octanol–water partition coefficient (Wildman–Crippen LogP) is 1.84. The van der Waals surface area contributed by atoms with Gasteiger partial charge in [0.25, 0.3) is 0 Å². The van der Waals surface area contributed by atoms with E-state index in [1.54, 1.807) is 10.7 Å². The molecule has 2 aromatic heterocycles. The van der Waals surface area contributed by atoms with E-state index in [1.165, 1.54) is 0 Å². The molecule has 0 amide bonds. The summed E-state index contributed by atoms with van der Waals surface area (Å²) in [6.45, 7) is 0.640. The minimum atomic E-state index is -0.0517. The van der Waals surface area contributed by atoms with Crippen LogP contribution in [-0.4, -0.2) is 21.1 Å². The highest BCUT2D eigenvalue weighted by Crippen LogP contribution is 2.11. The van der Waals surface area contributed by atoms with Crippen LogP contribution in [0.2, 0.25) is 0 Å². The topological polar surface area (TPSA) is 68.2 Å². The summed E-state index contributed by atoms with van der Waals surface area (Å²) in [5.74, 6) is 0.805. The van der Waals surface area contributed by atoms with Gasteiger partial charge in [0.15, 0.2) is 5.65 Å². The van der Waals surface area contributed by atoms with Gasteiger partial charge in [0, 0.05) is 24.8 Å². The molecule has 1 unspecified atom stereocenters. The molecule has 0 fully saturated rings. The molecule has 5 heteroatoms. The molecule has 5 nitrogen and oxygen atoms in total. The van der Waals surface area contributed by atoms with Crippen LogP contribution in [0.3, 0.4) is 0 Å². The van der Waals surface area contributed by atoms with Crippen LogP contribution in [0.15, 0.2) is 54.9 Å². The van der Waals surface area contributed by atoms with Gasteiger partial charge in [0.1, 0.15) is 5.82 Å². The number of hydrogen-bond acceptors (Lipinski definition) is 4. The molecule has 1 atom stereocenters. The summed E-state index contributed by atoms with van der Waals surface area (Å²) in [4.78, 5) is 4.43. The first kappa shape index (κ1) is 11.7. The van der Waals surface area contributed by atoms with Crippen molar-refractivity contribution in [2.45, 2.75) is 6.04 Å². The number of nitrogens with one attached hydrogen (secondary N) is 1. The van der Waals surface area contributed by atoms with Gasteiger partial charge in [-0.2, -0.15) is 5.10 Å². The molecule has 0 aliphatic carbocycles. The SMILES string of the molecule is NC(CNc1ccn2nccc2n1)c1ccccc1. The molecule has 0 bridgehead atoms. The molecule has 0 radical (unpaired) electrons. The largest absolute Gasteiger partial charge is 0.368 e. The third-order valence-electron chi connectivity index (χ3n) is 2.99. The van der Waals surface area contributed by atoms with Gasteiger partial charge in [-0.05, 0) is 11.6 Å². The molecule has 3 aromatic rings. The summed E-state index contributed by atoms with van der Waals surface area (Å²) in [6.07, 6.45) is 3.60. The van der Waals surface area contributed by atoms with Gasteiger partial charge in [0.05, 0.1) is 6.20 Å². The smallest absolute Gasteiger partial charge is 0.157 e. The van der Waals surface area contributed by atoms with Crippen molar-refractivity contribution >= 4 is 11.5 Å². The zero-order valence-corrected chi connectivity index (χ0v) is 10.4. The minimum Gasteiger partial charge on any atom is -0.368 e.